The van der Waals surface area contributed by atoms with E-state index >= 15 is 0 Å². The summed E-state index contributed by atoms with van der Waals surface area (Å²) in [5, 5.41) is 0. The number of aromatic nitrogens is 1. The minimum atomic E-state index is 0.173. The molecular weight excluding hydrogens is 290 g/mol. The van der Waals surface area contributed by atoms with Gasteiger partial charge in [0, 0.05) is 58.2 Å². The van der Waals surface area contributed by atoms with E-state index in [1.54, 1.807) is 0 Å². The molecule has 5 nitrogen and oxygen atoms in total. The summed E-state index contributed by atoms with van der Waals surface area (Å²) in [6.07, 6.45) is 7.01. The van der Waals surface area contributed by atoms with Gasteiger partial charge in [0.15, 0.2) is 0 Å². The number of hydrogen-bond acceptors (Lipinski definition) is 3. The van der Waals surface area contributed by atoms with Gasteiger partial charge in [0.1, 0.15) is 5.69 Å². The first-order valence-electron chi connectivity index (χ1n) is 8.96. The summed E-state index contributed by atoms with van der Waals surface area (Å²) in [7, 11) is 1.94. The van der Waals surface area contributed by atoms with Crippen molar-refractivity contribution in [2.75, 3.05) is 32.8 Å². The normalized spacial score (nSPS) is 23.3. The second-order valence-corrected chi connectivity index (χ2v) is 7.35. The van der Waals surface area contributed by atoms with Crippen LogP contribution in [0.1, 0.15) is 36.2 Å². The lowest BCUT2D eigenvalue weighted by Gasteiger charge is -2.49. The minimum Gasteiger partial charge on any atom is -0.381 e. The second-order valence-electron chi connectivity index (χ2n) is 7.35. The predicted molar refractivity (Wildman–Crippen MR) is 88.4 cm³/mol. The molecular formula is C18H27N3O2. The first kappa shape index (κ1) is 15.2. The van der Waals surface area contributed by atoms with E-state index in [4.69, 9.17) is 4.74 Å². The van der Waals surface area contributed by atoms with Gasteiger partial charge in [-0.3, -0.25) is 9.69 Å². The van der Waals surface area contributed by atoms with E-state index in [-0.39, 0.29) is 5.91 Å². The molecule has 1 saturated carbocycles. The van der Waals surface area contributed by atoms with E-state index in [1.807, 2.05) is 34.8 Å². The highest BCUT2D eigenvalue weighted by Crippen LogP contribution is 2.34. The molecule has 0 bridgehead atoms. The Morgan fingerprint density at radius 3 is 2.57 bits per heavy atom. The lowest BCUT2D eigenvalue weighted by molar-refractivity contribution is -0.0269. The van der Waals surface area contributed by atoms with Crippen molar-refractivity contribution in [2.24, 2.45) is 13.0 Å². The maximum absolute atomic E-state index is 12.6. The number of nitrogens with zero attached hydrogens (tertiary/aromatic N) is 3. The number of carbonyl (C=O) groups is 1. The van der Waals surface area contributed by atoms with Gasteiger partial charge in [-0.15, -0.1) is 0 Å². The van der Waals surface area contributed by atoms with Crippen LogP contribution in [0.25, 0.3) is 0 Å². The molecule has 0 atom stereocenters. The van der Waals surface area contributed by atoms with Crippen molar-refractivity contribution in [2.45, 2.75) is 37.8 Å². The Kier molecular flexibility index (Phi) is 4.16. The van der Waals surface area contributed by atoms with Gasteiger partial charge in [-0.2, -0.15) is 0 Å². The Morgan fingerprint density at radius 2 is 1.96 bits per heavy atom. The molecule has 3 aliphatic rings. The Balaban J connectivity index is 1.37. The minimum absolute atomic E-state index is 0.173. The number of ether oxygens (including phenoxy) is 1. The van der Waals surface area contributed by atoms with E-state index in [0.29, 0.717) is 12.1 Å². The summed E-state index contributed by atoms with van der Waals surface area (Å²) in [6, 6.07) is 5.05. The lowest BCUT2D eigenvalue weighted by Crippen LogP contribution is -2.64. The molecule has 3 heterocycles. The van der Waals surface area contributed by atoms with Crippen molar-refractivity contribution in [1.29, 1.82) is 0 Å². The molecule has 0 unspecified atom stereocenters. The molecule has 1 amide bonds. The summed E-state index contributed by atoms with van der Waals surface area (Å²) < 4.78 is 7.44. The number of hydrogen-bond donors (Lipinski definition) is 0. The predicted octanol–water partition coefficient (Wildman–Crippen LogP) is 1.74. The van der Waals surface area contributed by atoms with Crippen LogP contribution in [-0.2, 0) is 11.8 Å². The quantitative estimate of drug-likeness (QED) is 0.830. The smallest absolute Gasteiger partial charge is 0.270 e. The van der Waals surface area contributed by atoms with Crippen molar-refractivity contribution in [1.82, 2.24) is 14.4 Å². The Morgan fingerprint density at radius 1 is 1.22 bits per heavy atom. The average molecular weight is 317 g/mol. The zero-order valence-electron chi connectivity index (χ0n) is 14.0. The first-order chi connectivity index (χ1) is 11.2. The molecule has 23 heavy (non-hydrogen) atoms. The van der Waals surface area contributed by atoms with Crippen molar-refractivity contribution in [3.05, 3.63) is 24.0 Å². The molecule has 2 saturated heterocycles. The van der Waals surface area contributed by atoms with E-state index in [2.05, 4.69) is 4.90 Å². The van der Waals surface area contributed by atoms with E-state index < -0.39 is 0 Å². The Hall–Kier alpha value is -1.33. The molecule has 1 aromatic rings. The van der Waals surface area contributed by atoms with Crippen LogP contribution in [0.5, 0.6) is 0 Å². The molecule has 0 spiro atoms. The number of amides is 1. The second kappa shape index (κ2) is 6.29. The van der Waals surface area contributed by atoms with Crippen LogP contribution in [0, 0.1) is 5.92 Å². The van der Waals surface area contributed by atoms with Gasteiger partial charge in [-0.25, -0.2) is 0 Å². The maximum Gasteiger partial charge on any atom is 0.270 e. The van der Waals surface area contributed by atoms with E-state index in [9.17, 15) is 4.79 Å². The number of likely N-dealkylation sites (tertiary alicyclic amines) is 1. The van der Waals surface area contributed by atoms with Crippen molar-refractivity contribution >= 4 is 5.91 Å². The van der Waals surface area contributed by atoms with Crippen LogP contribution in [0.15, 0.2) is 18.3 Å². The molecule has 0 aromatic carbocycles. The van der Waals surface area contributed by atoms with Crippen LogP contribution in [0.3, 0.4) is 0 Å². The Bertz CT molecular complexity index is 554. The molecule has 1 aliphatic carbocycles. The fourth-order valence-electron chi connectivity index (χ4n) is 3.89. The molecule has 0 N–H and O–H groups in total. The third-order valence-electron chi connectivity index (χ3n) is 5.61. The summed E-state index contributed by atoms with van der Waals surface area (Å²) in [5.41, 5.74) is 0.795. The molecule has 2 aliphatic heterocycles. The summed E-state index contributed by atoms with van der Waals surface area (Å²) in [4.78, 5) is 17.3. The first-order valence-corrected chi connectivity index (χ1v) is 8.96. The van der Waals surface area contributed by atoms with Crippen LogP contribution in [0.4, 0.5) is 0 Å². The van der Waals surface area contributed by atoms with Gasteiger partial charge in [-0.05, 0) is 43.7 Å². The standard InChI is InChI=1S/C18H27N3O2/c1-19-8-2-3-17(19)18(22)20-12-16(13-20)21(11-14-4-5-14)15-6-9-23-10-7-15/h2-3,8,14-16H,4-7,9-13H2,1H3. The molecule has 3 fully saturated rings. The monoisotopic (exact) mass is 317 g/mol. The van der Waals surface area contributed by atoms with Crippen LogP contribution >= 0.6 is 0 Å². The SMILES string of the molecule is Cn1cccc1C(=O)N1CC(N(CC2CC2)C2CCOCC2)C1. The van der Waals surface area contributed by atoms with Crippen LogP contribution in [-0.4, -0.2) is 65.2 Å². The van der Waals surface area contributed by atoms with E-state index in [1.165, 1.54) is 19.4 Å². The molecule has 1 aromatic heterocycles. The Labute approximate surface area is 138 Å². The highest BCUT2D eigenvalue weighted by molar-refractivity contribution is 5.93. The topological polar surface area (TPSA) is 37.7 Å². The molecule has 5 heteroatoms. The van der Waals surface area contributed by atoms with Gasteiger partial charge in [0.2, 0.25) is 0 Å². The fourth-order valence-corrected chi connectivity index (χ4v) is 3.89. The molecule has 4 rings (SSSR count). The third-order valence-corrected chi connectivity index (χ3v) is 5.61. The fraction of sp³-hybridized carbons (Fsp3) is 0.722. The zero-order chi connectivity index (χ0) is 15.8. The van der Waals surface area contributed by atoms with Gasteiger partial charge >= 0.3 is 0 Å². The maximum atomic E-state index is 12.6. The number of rotatable bonds is 5. The van der Waals surface area contributed by atoms with Gasteiger partial charge in [0.05, 0.1) is 0 Å². The highest BCUT2D eigenvalue weighted by Gasteiger charge is 2.40. The summed E-state index contributed by atoms with van der Waals surface area (Å²) in [6.45, 7) is 4.78. The van der Waals surface area contributed by atoms with Crippen molar-refractivity contribution in [3.8, 4) is 0 Å². The summed E-state index contributed by atoms with van der Waals surface area (Å²) >= 11 is 0. The lowest BCUT2D eigenvalue weighted by atomic mass is 9.99. The van der Waals surface area contributed by atoms with Gasteiger partial charge < -0.3 is 14.2 Å². The van der Waals surface area contributed by atoms with Crippen molar-refractivity contribution < 1.29 is 9.53 Å². The van der Waals surface area contributed by atoms with Crippen molar-refractivity contribution in [3.63, 3.8) is 0 Å². The average Bonchev–Trinajstić information content (AvgIpc) is 3.24. The molecule has 126 valence electrons. The van der Waals surface area contributed by atoms with Gasteiger partial charge in [0.25, 0.3) is 5.91 Å². The van der Waals surface area contributed by atoms with Crippen LogP contribution in [0.2, 0.25) is 0 Å². The third kappa shape index (κ3) is 3.17. The number of carbonyl (C=O) groups excluding carboxylic acids is 1. The van der Waals surface area contributed by atoms with Crippen LogP contribution < -0.4 is 0 Å². The molecule has 0 radical (unpaired) electrons. The largest absolute Gasteiger partial charge is 0.381 e. The van der Waals surface area contributed by atoms with Gasteiger partial charge in [-0.1, -0.05) is 0 Å². The highest BCUT2D eigenvalue weighted by atomic mass is 16.5. The number of aryl methyl sites for hydroxylation is 1. The zero-order valence-corrected chi connectivity index (χ0v) is 14.0. The van der Waals surface area contributed by atoms with E-state index in [0.717, 1.165) is 50.8 Å². The summed E-state index contributed by atoms with van der Waals surface area (Å²) in [5.74, 6) is 1.07.